The summed E-state index contributed by atoms with van der Waals surface area (Å²) < 4.78 is 0. The first-order valence-corrected chi connectivity index (χ1v) is 6.36. The van der Waals surface area contributed by atoms with Crippen molar-refractivity contribution in [1.82, 2.24) is 10.6 Å². The Labute approximate surface area is 106 Å². The number of carbonyl (C=O) groups excluding carboxylic acids is 1. The van der Waals surface area contributed by atoms with Gasteiger partial charge in [-0.25, -0.2) is 0 Å². The van der Waals surface area contributed by atoms with Gasteiger partial charge in [0, 0.05) is 25.2 Å². The highest BCUT2D eigenvalue weighted by Crippen LogP contribution is 2.30. The Hall–Kier alpha value is -0.830. The minimum Gasteiger partial charge on any atom is -0.356 e. The summed E-state index contributed by atoms with van der Waals surface area (Å²) in [6.45, 7) is 11.9. The third-order valence-corrected chi connectivity index (χ3v) is 3.09. The molecular formula is C14H28N2O. The predicted octanol–water partition coefficient (Wildman–Crippen LogP) is 2.48. The van der Waals surface area contributed by atoms with Gasteiger partial charge in [-0.05, 0) is 25.7 Å². The molecule has 0 heterocycles. The maximum absolute atomic E-state index is 11.0. The number of nitrogens with one attached hydrogen (secondary N) is 2. The maximum atomic E-state index is 11.0. The molecule has 3 heteroatoms. The molecule has 0 fully saturated rings. The van der Waals surface area contributed by atoms with Gasteiger partial charge in [-0.1, -0.05) is 33.3 Å². The predicted molar refractivity (Wildman–Crippen MR) is 74.0 cm³/mol. The van der Waals surface area contributed by atoms with Gasteiger partial charge < -0.3 is 10.6 Å². The van der Waals surface area contributed by atoms with Crippen LogP contribution in [0.3, 0.4) is 0 Å². The van der Waals surface area contributed by atoms with Crippen molar-refractivity contribution < 1.29 is 4.79 Å². The Bertz CT molecular complexity index is 267. The molecule has 0 aliphatic heterocycles. The van der Waals surface area contributed by atoms with Crippen molar-refractivity contribution >= 4 is 5.91 Å². The molecule has 0 saturated carbocycles. The Morgan fingerprint density at radius 1 is 1.24 bits per heavy atom. The quantitative estimate of drug-likeness (QED) is 0.671. The second kappa shape index (κ2) is 6.80. The number of hydrogen-bond acceptors (Lipinski definition) is 2. The van der Waals surface area contributed by atoms with Crippen LogP contribution in [0.5, 0.6) is 0 Å². The van der Waals surface area contributed by atoms with E-state index in [-0.39, 0.29) is 11.4 Å². The van der Waals surface area contributed by atoms with Crippen molar-refractivity contribution in [2.45, 2.75) is 53.0 Å². The van der Waals surface area contributed by atoms with Gasteiger partial charge in [0.25, 0.3) is 0 Å². The molecule has 0 aliphatic carbocycles. The van der Waals surface area contributed by atoms with Crippen LogP contribution in [-0.4, -0.2) is 25.0 Å². The summed E-state index contributed by atoms with van der Waals surface area (Å²) in [7, 11) is 1.63. The van der Waals surface area contributed by atoms with Crippen molar-refractivity contribution in [1.29, 1.82) is 0 Å². The third-order valence-electron chi connectivity index (χ3n) is 3.09. The molecule has 100 valence electrons. The number of amides is 1. The van der Waals surface area contributed by atoms with E-state index in [2.05, 4.69) is 45.3 Å². The van der Waals surface area contributed by atoms with Gasteiger partial charge in [0.15, 0.2) is 0 Å². The van der Waals surface area contributed by atoms with Crippen molar-refractivity contribution in [3.63, 3.8) is 0 Å². The summed E-state index contributed by atoms with van der Waals surface area (Å²) in [4.78, 5) is 11.0. The van der Waals surface area contributed by atoms with E-state index in [1.54, 1.807) is 13.1 Å². The van der Waals surface area contributed by atoms with Crippen LogP contribution in [0.1, 0.15) is 47.5 Å². The molecule has 0 aromatic rings. The topological polar surface area (TPSA) is 41.1 Å². The molecule has 0 unspecified atom stereocenters. The van der Waals surface area contributed by atoms with Gasteiger partial charge in [0.05, 0.1) is 0 Å². The Morgan fingerprint density at radius 3 is 2.29 bits per heavy atom. The lowest BCUT2D eigenvalue weighted by atomic mass is 9.78. The number of likely N-dealkylation sites (N-methyl/N-ethyl adjacent to an activating group) is 1. The normalized spacial score (nSPS) is 13.1. The summed E-state index contributed by atoms with van der Waals surface area (Å²) in [6, 6.07) is 0. The second-order valence-corrected chi connectivity index (χ2v) is 5.98. The van der Waals surface area contributed by atoms with Gasteiger partial charge in [-0.2, -0.15) is 0 Å². The van der Waals surface area contributed by atoms with Crippen LogP contribution in [0.2, 0.25) is 0 Å². The zero-order valence-corrected chi connectivity index (χ0v) is 12.2. The zero-order valence-electron chi connectivity index (χ0n) is 12.2. The molecular weight excluding hydrogens is 212 g/mol. The molecule has 0 aromatic carbocycles. The first-order chi connectivity index (χ1) is 7.72. The van der Waals surface area contributed by atoms with E-state index in [0.29, 0.717) is 5.41 Å². The molecule has 0 aromatic heterocycles. The van der Waals surface area contributed by atoms with Crippen LogP contribution >= 0.6 is 0 Å². The molecule has 0 bridgehead atoms. The summed E-state index contributed by atoms with van der Waals surface area (Å²) in [6.07, 6.45) is 5.71. The van der Waals surface area contributed by atoms with E-state index in [9.17, 15) is 4.79 Å². The SMILES string of the molecule is CCC(C)(C)CC(C)(C)NC/C=C/C(=O)NC. The maximum Gasteiger partial charge on any atom is 0.243 e. The van der Waals surface area contributed by atoms with Crippen molar-refractivity contribution in [3.05, 3.63) is 12.2 Å². The first-order valence-electron chi connectivity index (χ1n) is 6.36. The lowest BCUT2D eigenvalue weighted by molar-refractivity contribution is -0.116. The standard InChI is InChI=1S/C14H28N2O/c1-7-13(2,3)11-14(4,5)16-10-8-9-12(17)15-6/h8-9,16H,7,10-11H2,1-6H3,(H,15,17)/b9-8+. The molecule has 0 aliphatic rings. The summed E-state index contributed by atoms with van der Waals surface area (Å²) in [5, 5.41) is 6.02. The molecule has 3 nitrogen and oxygen atoms in total. The van der Waals surface area contributed by atoms with Gasteiger partial charge in [0.1, 0.15) is 0 Å². The molecule has 0 radical (unpaired) electrons. The van der Waals surface area contributed by atoms with Crippen LogP contribution in [0, 0.1) is 5.41 Å². The van der Waals surface area contributed by atoms with Gasteiger partial charge in [-0.15, -0.1) is 0 Å². The fraction of sp³-hybridized carbons (Fsp3) is 0.786. The first kappa shape index (κ1) is 16.2. The van der Waals surface area contributed by atoms with Gasteiger partial charge in [0.2, 0.25) is 5.91 Å². The number of rotatable bonds is 7. The summed E-state index contributed by atoms with van der Waals surface area (Å²) >= 11 is 0. The highest BCUT2D eigenvalue weighted by Gasteiger charge is 2.26. The van der Waals surface area contributed by atoms with Gasteiger partial charge >= 0.3 is 0 Å². The Balaban J connectivity index is 4.10. The zero-order chi connectivity index (χ0) is 13.5. The molecule has 0 atom stereocenters. The summed E-state index contributed by atoms with van der Waals surface area (Å²) in [5.41, 5.74) is 0.438. The fourth-order valence-electron chi connectivity index (χ4n) is 1.97. The number of carbonyl (C=O) groups is 1. The lowest BCUT2D eigenvalue weighted by Gasteiger charge is -2.35. The van der Waals surface area contributed by atoms with Crippen LogP contribution in [-0.2, 0) is 4.79 Å². The van der Waals surface area contributed by atoms with E-state index >= 15 is 0 Å². The second-order valence-electron chi connectivity index (χ2n) is 5.98. The smallest absolute Gasteiger partial charge is 0.243 e. The highest BCUT2D eigenvalue weighted by molar-refractivity contribution is 5.87. The van der Waals surface area contributed by atoms with Crippen LogP contribution in [0.25, 0.3) is 0 Å². The average molecular weight is 240 g/mol. The Morgan fingerprint density at radius 2 is 1.82 bits per heavy atom. The largest absolute Gasteiger partial charge is 0.356 e. The lowest BCUT2D eigenvalue weighted by Crippen LogP contribution is -2.42. The van der Waals surface area contributed by atoms with E-state index in [0.717, 1.165) is 13.0 Å². The van der Waals surface area contributed by atoms with Gasteiger partial charge in [-0.3, -0.25) is 4.79 Å². The van der Waals surface area contributed by atoms with E-state index in [1.165, 1.54) is 6.42 Å². The molecule has 1 amide bonds. The third kappa shape index (κ3) is 7.97. The van der Waals surface area contributed by atoms with Crippen LogP contribution < -0.4 is 10.6 Å². The van der Waals surface area contributed by atoms with Crippen LogP contribution in [0.4, 0.5) is 0 Å². The van der Waals surface area contributed by atoms with Crippen molar-refractivity contribution in [3.8, 4) is 0 Å². The van der Waals surface area contributed by atoms with Crippen molar-refractivity contribution in [2.75, 3.05) is 13.6 Å². The minimum absolute atomic E-state index is 0.0569. The van der Waals surface area contributed by atoms with E-state index < -0.39 is 0 Å². The number of hydrogen-bond donors (Lipinski definition) is 2. The highest BCUT2D eigenvalue weighted by atomic mass is 16.1. The van der Waals surface area contributed by atoms with E-state index in [1.807, 2.05) is 6.08 Å². The molecule has 2 N–H and O–H groups in total. The summed E-state index contributed by atoms with van der Waals surface area (Å²) in [5.74, 6) is -0.0569. The molecule has 0 saturated heterocycles. The molecule has 0 spiro atoms. The average Bonchev–Trinajstić information content (AvgIpc) is 2.22. The Kier molecular flexibility index (Phi) is 6.46. The van der Waals surface area contributed by atoms with E-state index in [4.69, 9.17) is 0 Å². The molecule has 0 rings (SSSR count). The van der Waals surface area contributed by atoms with Crippen LogP contribution in [0.15, 0.2) is 12.2 Å². The fourth-order valence-corrected chi connectivity index (χ4v) is 1.97. The minimum atomic E-state index is -0.0569. The monoisotopic (exact) mass is 240 g/mol. The van der Waals surface area contributed by atoms with Crippen molar-refractivity contribution in [2.24, 2.45) is 5.41 Å². The molecule has 17 heavy (non-hydrogen) atoms.